The Balaban J connectivity index is 2.16. The van der Waals surface area contributed by atoms with E-state index < -0.39 is 0 Å². The van der Waals surface area contributed by atoms with Crippen molar-refractivity contribution >= 4 is 15.6 Å². The van der Waals surface area contributed by atoms with Crippen LogP contribution >= 0.6 is 0 Å². The van der Waals surface area contributed by atoms with Crippen molar-refractivity contribution in [2.75, 3.05) is 0 Å². The second-order valence-electron chi connectivity index (χ2n) is 2.74. The Hall–Kier alpha value is -0.448. The zero-order valence-electron chi connectivity index (χ0n) is 7.49. The van der Waals surface area contributed by atoms with Crippen molar-refractivity contribution in [3.05, 3.63) is 30.3 Å². The molecule has 0 aliphatic heterocycles. The highest BCUT2D eigenvalue weighted by Gasteiger charge is 1.96. The molecule has 1 aromatic carbocycles. The quantitative estimate of drug-likeness (QED) is 0.496. The van der Waals surface area contributed by atoms with Crippen LogP contribution in [0.1, 0.15) is 19.8 Å². The van der Waals surface area contributed by atoms with E-state index in [1.165, 1.54) is 18.1 Å². The van der Waals surface area contributed by atoms with Gasteiger partial charge in [-0.25, -0.2) is 0 Å². The SMILES string of the molecule is CCC[CH2][Al][O]c1ccccc1. The molecule has 0 spiro atoms. The van der Waals surface area contributed by atoms with Crippen LogP contribution in [0.3, 0.4) is 0 Å². The van der Waals surface area contributed by atoms with Gasteiger partial charge in [0.15, 0.2) is 0 Å². The van der Waals surface area contributed by atoms with Gasteiger partial charge in [-0.3, -0.25) is 0 Å². The van der Waals surface area contributed by atoms with Crippen molar-refractivity contribution in [3.8, 4) is 5.75 Å². The van der Waals surface area contributed by atoms with E-state index >= 15 is 0 Å². The van der Waals surface area contributed by atoms with Gasteiger partial charge in [0.2, 0.25) is 0 Å². The van der Waals surface area contributed by atoms with Gasteiger partial charge < -0.3 is 3.79 Å². The smallest absolute Gasteiger partial charge is 0.523 e. The minimum absolute atomic E-state index is 0.159. The maximum absolute atomic E-state index is 5.59. The van der Waals surface area contributed by atoms with Crippen LogP contribution in [0.15, 0.2) is 30.3 Å². The molecule has 0 aliphatic carbocycles. The van der Waals surface area contributed by atoms with Gasteiger partial charge in [-0.1, -0.05) is 43.2 Å². The van der Waals surface area contributed by atoms with Crippen LogP contribution in [0.4, 0.5) is 0 Å². The normalized spacial score (nSPS) is 9.42. The van der Waals surface area contributed by atoms with Gasteiger partial charge in [0.25, 0.3) is 0 Å². The van der Waals surface area contributed by atoms with E-state index in [0.29, 0.717) is 0 Å². The molecule has 63 valence electrons. The van der Waals surface area contributed by atoms with E-state index in [9.17, 15) is 0 Å². The summed E-state index contributed by atoms with van der Waals surface area (Å²) in [6.07, 6.45) is 2.56. The summed E-state index contributed by atoms with van der Waals surface area (Å²) in [5.74, 6) is 1.02. The Morgan fingerprint density at radius 3 is 2.67 bits per heavy atom. The summed E-state index contributed by atoms with van der Waals surface area (Å²) >= 11 is 0.159. The number of para-hydroxylation sites is 1. The van der Waals surface area contributed by atoms with E-state index in [2.05, 4.69) is 6.92 Å². The maximum Gasteiger partial charge on any atom is 0.523 e. The van der Waals surface area contributed by atoms with E-state index in [-0.39, 0.29) is 15.6 Å². The van der Waals surface area contributed by atoms with Gasteiger partial charge in [-0.2, -0.15) is 0 Å². The molecular formula is C10H14AlO. The third-order valence-corrected chi connectivity index (χ3v) is 2.72. The first kappa shape index (κ1) is 9.64. The Morgan fingerprint density at radius 2 is 2.00 bits per heavy atom. The van der Waals surface area contributed by atoms with E-state index in [0.717, 1.165) is 5.75 Å². The highest BCUT2D eigenvalue weighted by Crippen LogP contribution is 2.08. The predicted octanol–water partition coefficient (Wildman–Crippen LogP) is 2.90. The Morgan fingerprint density at radius 1 is 1.25 bits per heavy atom. The largest absolute Gasteiger partial charge is 0.648 e. The van der Waals surface area contributed by atoms with Gasteiger partial charge in [0.1, 0.15) is 0 Å². The van der Waals surface area contributed by atoms with Crippen LogP contribution in [-0.2, 0) is 0 Å². The number of unbranched alkanes of at least 4 members (excludes halogenated alkanes) is 1. The first-order chi connectivity index (χ1) is 5.93. The van der Waals surface area contributed by atoms with Gasteiger partial charge in [0.05, 0.1) is 5.75 Å². The highest BCUT2D eigenvalue weighted by atomic mass is 27.1. The average molecular weight is 177 g/mol. The predicted molar refractivity (Wildman–Crippen MR) is 52.5 cm³/mol. The summed E-state index contributed by atoms with van der Waals surface area (Å²) in [6.45, 7) is 2.21. The molecule has 0 amide bonds. The lowest BCUT2D eigenvalue weighted by Gasteiger charge is -2.04. The van der Waals surface area contributed by atoms with Gasteiger partial charge >= 0.3 is 15.6 Å². The molecule has 0 saturated carbocycles. The van der Waals surface area contributed by atoms with Crippen LogP contribution in [-0.4, -0.2) is 15.6 Å². The molecule has 0 saturated heterocycles. The van der Waals surface area contributed by atoms with Gasteiger partial charge in [0, 0.05) is 0 Å². The highest BCUT2D eigenvalue weighted by molar-refractivity contribution is 6.28. The number of hydrogen-bond acceptors (Lipinski definition) is 1. The Bertz CT molecular complexity index is 198. The second-order valence-corrected chi connectivity index (χ2v) is 3.89. The third-order valence-electron chi connectivity index (χ3n) is 1.64. The van der Waals surface area contributed by atoms with Crippen LogP contribution in [0, 0.1) is 0 Å². The Kier molecular flexibility index (Phi) is 4.91. The monoisotopic (exact) mass is 177 g/mol. The van der Waals surface area contributed by atoms with Crippen molar-refractivity contribution in [3.63, 3.8) is 0 Å². The van der Waals surface area contributed by atoms with E-state index in [4.69, 9.17) is 3.79 Å². The summed E-state index contributed by atoms with van der Waals surface area (Å²) in [5.41, 5.74) is 0. The molecule has 0 bridgehead atoms. The molecule has 1 radical (unpaired) electrons. The lowest BCUT2D eigenvalue weighted by atomic mass is 10.3. The summed E-state index contributed by atoms with van der Waals surface area (Å²) < 4.78 is 5.59. The van der Waals surface area contributed by atoms with Crippen molar-refractivity contribution in [1.29, 1.82) is 0 Å². The second kappa shape index (κ2) is 6.11. The van der Waals surface area contributed by atoms with Crippen molar-refractivity contribution in [1.82, 2.24) is 0 Å². The molecule has 0 aromatic heterocycles. The number of benzene rings is 1. The van der Waals surface area contributed by atoms with E-state index in [1.807, 2.05) is 30.3 Å². The molecule has 12 heavy (non-hydrogen) atoms. The summed E-state index contributed by atoms with van der Waals surface area (Å²) in [5, 5.41) is 1.24. The van der Waals surface area contributed by atoms with Crippen LogP contribution in [0.2, 0.25) is 5.28 Å². The fourth-order valence-electron chi connectivity index (χ4n) is 0.942. The molecule has 2 heteroatoms. The molecule has 0 fully saturated rings. The minimum atomic E-state index is 0.159. The molecule has 1 aromatic rings. The van der Waals surface area contributed by atoms with E-state index in [1.54, 1.807) is 0 Å². The fourth-order valence-corrected chi connectivity index (χ4v) is 1.98. The fraction of sp³-hybridized carbons (Fsp3) is 0.400. The van der Waals surface area contributed by atoms with Crippen molar-refractivity contribution in [2.45, 2.75) is 25.0 Å². The minimum Gasteiger partial charge on any atom is -0.648 e. The van der Waals surface area contributed by atoms with Crippen LogP contribution in [0.5, 0.6) is 5.75 Å². The standard InChI is InChI=1S/C6H6O.C4H9.Al/c7-6-4-2-1-3-5-6;1-3-4-2;/h1-5,7H;1,3-4H2,2H3;/q;;+1/p-1. The van der Waals surface area contributed by atoms with Crippen molar-refractivity contribution in [2.24, 2.45) is 0 Å². The lowest BCUT2D eigenvalue weighted by Crippen LogP contribution is -2.00. The molecule has 0 N–H and O–H groups in total. The molecule has 0 heterocycles. The molecular weight excluding hydrogens is 163 g/mol. The first-order valence-corrected chi connectivity index (χ1v) is 5.75. The zero-order valence-corrected chi connectivity index (χ0v) is 8.65. The molecule has 0 unspecified atom stereocenters. The first-order valence-electron chi connectivity index (χ1n) is 4.47. The van der Waals surface area contributed by atoms with Crippen LogP contribution < -0.4 is 3.79 Å². The molecule has 0 aliphatic rings. The summed E-state index contributed by atoms with van der Waals surface area (Å²) in [4.78, 5) is 0. The van der Waals surface area contributed by atoms with Crippen LogP contribution in [0.25, 0.3) is 0 Å². The summed E-state index contributed by atoms with van der Waals surface area (Å²) in [7, 11) is 0. The molecule has 0 atom stereocenters. The number of hydrogen-bond donors (Lipinski definition) is 0. The average Bonchev–Trinajstić information content (AvgIpc) is 2.14. The third kappa shape index (κ3) is 3.80. The number of rotatable bonds is 5. The maximum atomic E-state index is 5.59. The van der Waals surface area contributed by atoms with Gasteiger partial charge in [-0.05, 0) is 12.1 Å². The van der Waals surface area contributed by atoms with Crippen molar-refractivity contribution < 1.29 is 3.79 Å². The van der Waals surface area contributed by atoms with Gasteiger partial charge in [-0.15, -0.1) is 0 Å². The lowest BCUT2D eigenvalue weighted by molar-refractivity contribution is 0.588. The zero-order chi connectivity index (χ0) is 8.65. The molecule has 1 rings (SSSR count). The summed E-state index contributed by atoms with van der Waals surface area (Å²) in [6, 6.07) is 10.1. The Labute approximate surface area is 80.8 Å². The topological polar surface area (TPSA) is 9.23 Å². The molecule has 1 nitrogen and oxygen atoms in total.